The number of aromatic nitrogens is 2. The third-order valence-electron chi connectivity index (χ3n) is 4.39. The van der Waals surface area contributed by atoms with Crippen molar-refractivity contribution in [1.29, 1.82) is 0 Å². The second-order valence-corrected chi connectivity index (χ2v) is 6.36. The van der Waals surface area contributed by atoms with E-state index in [1.54, 1.807) is 14.2 Å². The van der Waals surface area contributed by atoms with E-state index in [1.807, 2.05) is 60.7 Å². The molecule has 0 aliphatic rings. The molecular weight excluding hydrogens is 354 g/mol. The predicted molar refractivity (Wildman–Crippen MR) is 109 cm³/mol. The summed E-state index contributed by atoms with van der Waals surface area (Å²) in [6.45, 7) is 0.961. The Hall–Kier alpha value is -3.25. The van der Waals surface area contributed by atoms with Gasteiger partial charge in [0, 0.05) is 38.4 Å². The molecule has 0 aliphatic carbocycles. The first-order valence-electron chi connectivity index (χ1n) is 9.12. The zero-order valence-corrected chi connectivity index (χ0v) is 16.0. The van der Waals surface area contributed by atoms with Crippen molar-refractivity contribution >= 4 is 5.91 Å². The van der Waals surface area contributed by atoms with E-state index >= 15 is 0 Å². The lowest BCUT2D eigenvalue weighted by Crippen LogP contribution is -2.35. The molecule has 3 aromatic rings. The summed E-state index contributed by atoms with van der Waals surface area (Å²) in [4.78, 5) is 25.9. The average Bonchev–Trinajstić information content (AvgIpc) is 2.73. The molecule has 3 rings (SSSR count). The molecule has 1 amide bonds. The van der Waals surface area contributed by atoms with Crippen molar-refractivity contribution in [1.82, 2.24) is 15.1 Å². The van der Waals surface area contributed by atoms with Gasteiger partial charge in [0.1, 0.15) is 5.56 Å². The monoisotopic (exact) mass is 377 g/mol. The highest BCUT2D eigenvalue weighted by atomic mass is 16.5. The van der Waals surface area contributed by atoms with Crippen LogP contribution in [0.1, 0.15) is 16.8 Å². The molecule has 0 saturated carbocycles. The van der Waals surface area contributed by atoms with E-state index in [1.165, 1.54) is 4.68 Å². The third kappa shape index (κ3) is 4.18. The number of benzene rings is 2. The van der Waals surface area contributed by atoms with Gasteiger partial charge >= 0.3 is 0 Å². The van der Waals surface area contributed by atoms with Crippen LogP contribution in [0.4, 0.5) is 0 Å². The van der Waals surface area contributed by atoms with E-state index in [0.29, 0.717) is 30.8 Å². The fourth-order valence-electron chi connectivity index (χ4n) is 3.03. The third-order valence-corrected chi connectivity index (χ3v) is 4.39. The van der Waals surface area contributed by atoms with Crippen LogP contribution in [-0.2, 0) is 11.8 Å². The summed E-state index contributed by atoms with van der Waals surface area (Å²) in [5, 5.41) is 7.31. The highest BCUT2D eigenvalue weighted by Gasteiger charge is 2.24. The number of carbonyl (C=O) groups is 1. The maximum absolute atomic E-state index is 13.0. The molecular formula is C22H23N3O3. The van der Waals surface area contributed by atoms with Gasteiger partial charge in [-0.1, -0.05) is 60.7 Å². The van der Waals surface area contributed by atoms with Gasteiger partial charge in [0.25, 0.3) is 11.5 Å². The Labute approximate surface area is 163 Å². The average molecular weight is 377 g/mol. The minimum absolute atomic E-state index is 0.0972. The molecule has 6 heteroatoms. The van der Waals surface area contributed by atoms with Gasteiger partial charge in [-0.05, 0) is 12.0 Å². The van der Waals surface area contributed by atoms with Crippen molar-refractivity contribution < 1.29 is 9.53 Å². The highest BCUT2D eigenvalue weighted by molar-refractivity contribution is 6.03. The van der Waals surface area contributed by atoms with E-state index in [2.05, 4.69) is 10.4 Å². The maximum Gasteiger partial charge on any atom is 0.280 e. The number of amides is 1. The molecule has 0 radical (unpaired) electrons. The van der Waals surface area contributed by atoms with Crippen molar-refractivity contribution in [3.63, 3.8) is 0 Å². The van der Waals surface area contributed by atoms with E-state index in [9.17, 15) is 9.59 Å². The van der Waals surface area contributed by atoms with Gasteiger partial charge in [0.05, 0.1) is 5.69 Å². The number of hydrogen-bond donors (Lipinski definition) is 1. The molecule has 6 nitrogen and oxygen atoms in total. The van der Waals surface area contributed by atoms with Crippen LogP contribution in [0.5, 0.6) is 0 Å². The van der Waals surface area contributed by atoms with Crippen molar-refractivity contribution in [3.8, 4) is 22.4 Å². The quantitative estimate of drug-likeness (QED) is 0.643. The van der Waals surface area contributed by atoms with Crippen LogP contribution in [0.15, 0.2) is 65.5 Å². The van der Waals surface area contributed by atoms with Gasteiger partial charge in [-0.25, -0.2) is 4.68 Å². The van der Waals surface area contributed by atoms with Gasteiger partial charge in [-0.15, -0.1) is 0 Å². The van der Waals surface area contributed by atoms with Crippen molar-refractivity contribution in [2.24, 2.45) is 7.05 Å². The van der Waals surface area contributed by atoms with Crippen molar-refractivity contribution in [2.75, 3.05) is 20.3 Å². The van der Waals surface area contributed by atoms with E-state index in [4.69, 9.17) is 4.74 Å². The second-order valence-electron chi connectivity index (χ2n) is 6.36. The molecule has 0 spiro atoms. The number of carbonyl (C=O) groups excluding carboxylic acids is 1. The largest absolute Gasteiger partial charge is 0.385 e. The molecule has 0 aliphatic heterocycles. The Kier molecular flexibility index (Phi) is 6.34. The fraction of sp³-hybridized carbons (Fsp3) is 0.227. The molecule has 1 heterocycles. The van der Waals surface area contributed by atoms with E-state index in [0.717, 1.165) is 11.1 Å². The Bertz CT molecular complexity index is 999. The minimum Gasteiger partial charge on any atom is -0.385 e. The molecule has 0 fully saturated rings. The maximum atomic E-state index is 13.0. The van der Waals surface area contributed by atoms with Crippen LogP contribution < -0.4 is 10.9 Å². The van der Waals surface area contributed by atoms with Gasteiger partial charge in [-0.3, -0.25) is 9.59 Å². The first-order valence-corrected chi connectivity index (χ1v) is 9.12. The molecule has 0 atom stereocenters. The summed E-state index contributed by atoms with van der Waals surface area (Å²) in [6, 6.07) is 19.0. The fourth-order valence-corrected chi connectivity index (χ4v) is 3.03. The van der Waals surface area contributed by atoms with Crippen molar-refractivity contribution in [3.05, 3.63) is 76.6 Å². The molecule has 144 valence electrons. The van der Waals surface area contributed by atoms with Crippen LogP contribution in [0.3, 0.4) is 0 Å². The lowest BCUT2D eigenvalue weighted by molar-refractivity contribution is 0.0947. The number of methoxy groups -OCH3 is 1. The predicted octanol–water partition coefficient (Wildman–Crippen LogP) is 2.88. The second kappa shape index (κ2) is 9.10. The molecule has 1 N–H and O–H groups in total. The summed E-state index contributed by atoms with van der Waals surface area (Å²) in [6.07, 6.45) is 0.667. The number of hydrogen-bond acceptors (Lipinski definition) is 4. The Morgan fingerprint density at radius 1 is 1.04 bits per heavy atom. The summed E-state index contributed by atoms with van der Waals surface area (Å²) in [7, 11) is 3.17. The Balaban J connectivity index is 2.18. The zero-order chi connectivity index (χ0) is 19.9. The van der Waals surface area contributed by atoms with Crippen LogP contribution >= 0.6 is 0 Å². The number of nitrogens with zero attached hydrogens (tertiary/aromatic N) is 2. The van der Waals surface area contributed by atoms with Gasteiger partial charge in [0.2, 0.25) is 0 Å². The molecule has 28 heavy (non-hydrogen) atoms. The Morgan fingerprint density at radius 3 is 2.25 bits per heavy atom. The number of ether oxygens (including phenoxy) is 1. The zero-order valence-electron chi connectivity index (χ0n) is 16.0. The summed E-state index contributed by atoms with van der Waals surface area (Å²) in [5.41, 5.74) is 2.41. The lowest BCUT2D eigenvalue weighted by Gasteiger charge is -2.16. The van der Waals surface area contributed by atoms with Crippen LogP contribution in [0, 0.1) is 0 Å². The number of nitrogens with one attached hydrogen (secondary N) is 1. The lowest BCUT2D eigenvalue weighted by atomic mass is 9.95. The van der Waals surface area contributed by atoms with Crippen molar-refractivity contribution in [2.45, 2.75) is 6.42 Å². The van der Waals surface area contributed by atoms with Crippen LogP contribution in [0.25, 0.3) is 22.4 Å². The first kappa shape index (κ1) is 19.5. The minimum atomic E-state index is -0.428. The topological polar surface area (TPSA) is 73.2 Å². The van der Waals surface area contributed by atoms with Gasteiger partial charge < -0.3 is 10.1 Å². The standard InChI is InChI=1S/C22H23N3O3/c1-25-22(27)19(21(26)23-14-9-15-28-2)18(16-10-5-3-6-11-16)20(24-25)17-12-7-4-8-13-17/h3-8,10-13H,9,14-15H2,1-2H3,(H,23,26). The molecule has 2 aromatic carbocycles. The summed E-state index contributed by atoms with van der Waals surface area (Å²) < 4.78 is 6.24. The summed E-state index contributed by atoms with van der Waals surface area (Å²) >= 11 is 0. The summed E-state index contributed by atoms with van der Waals surface area (Å²) in [5.74, 6) is -0.407. The number of rotatable bonds is 7. The molecule has 1 aromatic heterocycles. The first-order chi connectivity index (χ1) is 13.6. The molecule has 0 unspecified atom stereocenters. The molecule has 0 bridgehead atoms. The van der Waals surface area contributed by atoms with Gasteiger partial charge in [0.15, 0.2) is 0 Å². The Morgan fingerprint density at radius 2 is 1.64 bits per heavy atom. The van der Waals surface area contributed by atoms with Gasteiger partial charge in [-0.2, -0.15) is 5.10 Å². The van der Waals surface area contributed by atoms with E-state index < -0.39 is 11.5 Å². The normalized spacial score (nSPS) is 10.6. The van der Waals surface area contributed by atoms with E-state index in [-0.39, 0.29) is 5.56 Å². The number of aryl methyl sites for hydroxylation is 1. The molecule has 0 saturated heterocycles. The smallest absolute Gasteiger partial charge is 0.280 e. The van der Waals surface area contributed by atoms with Crippen LogP contribution in [0.2, 0.25) is 0 Å². The van der Waals surface area contributed by atoms with Crippen LogP contribution in [-0.4, -0.2) is 35.9 Å². The SMILES string of the molecule is COCCCNC(=O)c1c(-c2ccccc2)c(-c2ccccc2)nn(C)c1=O. The highest BCUT2D eigenvalue weighted by Crippen LogP contribution is 2.31.